The molecule has 0 unspecified atom stereocenters. The van der Waals surface area contributed by atoms with Gasteiger partial charge < -0.3 is 0 Å². The number of hydrogen-bond donors (Lipinski definition) is 0. The van der Waals surface area contributed by atoms with Gasteiger partial charge in [-0.1, -0.05) is 59.8 Å². The van der Waals surface area contributed by atoms with Crippen LogP contribution in [-0.4, -0.2) is 28.8 Å². The fourth-order valence-corrected chi connectivity index (χ4v) is 4.09. The Morgan fingerprint density at radius 2 is 1.65 bits per heavy atom. The minimum atomic E-state index is -3.76. The van der Waals surface area contributed by atoms with Crippen LogP contribution in [0.1, 0.15) is 5.56 Å². The second-order valence-corrected chi connectivity index (χ2v) is 7.49. The Bertz CT molecular complexity index is 918. The molecule has 23 heavy (non-hydrogen) atoms. The fourth-order valence-electron chi connectivity index (χ4n) is 2.08. The van der Waals surface area contributed by atoms with Gasteiger partial charge in [0.25, 0.3) is 10.0 Å². The van der Waals surface area contributed by atoms with Crippen LogP contribution in [0.2, 0.25) is 0 Å². The van der Waals surface area contributed by atoms with E-state index in [4.69, 9.17) is 0 Å². The van der Waals surface area contributed by atoms with Crippen molar-refractivity contribution in [1.29, 1.82) is 0 Å². The van der Waals surface area contributed by atoms with Gasteiger partial charge in [0.05, 0.1) is 4.90 Å². The summed E-state index contributed by atoms with van der Waals surface area (Å²) in [4.78, 5) is 4.54. The first-order valence-corrected chi connectivity index (χ1v) is 9.57. The van der Waals surface area contributed by atoms with E-state index in [-0.39, 0.29) is 4.90 Å². The molecule has 0 radical (unpaired) electrons. The highest BCUT2D eigenvalue weighted by molar-refractivity contribution is 7.99. The molecular weight excluding hydrogens is 330 g/mol. The van der Waals surface area contributed by atoms with Crippen LogP contribution in [0, 0.1) is 6.92 Å². The van der Waals surface area contributed by atoms with E-state index in [2.05, 4.69) is 10.1 Å². The van der Waals surface area contributed by atoms with Crippen LogP contribution in [0.15, 0.2) is 64.6 Å². The molecule has 118 valence electrons. The standard InChI is InChI=1S/C16H15N3O2S2/c1-12-8-10-14(11-9-12)23(20,21)19-16(22-2)17-15(18-19)13-6-4-3-5-7-13/h3-11H,1-2H3. The second kappa shape index (κ2) is 6.17. The largest absolute Gasteiger partial charge is 0.285 e. The first-order valence-electron chi connectivity index (χ1n) is 6.91. The summed E-state index contributed by atoms with van der Waals surface area (Å²) in [5, 5.41) is 4.56. The fraction of sp³-hybridized carbons (Fsp3) is 0.125. The average Bonchev–Trinajstić information content (AvgIpc) is 3.01. The maximum Gasteiger partial charge on any atom is 0.285 e. The third-order valence-corrected chi connectivity index (χ3v) is 5.63. The van der Waals surface area contributed by atoms with Crippen molar-refractivity contribution in [2.75, 3.05) is 6.26 Å². The highest BCUT2D eigenvalue weighted by Crippen LogP contribution is 2.24. The lowest BCUT2D eigenvalue weighted by molar-refractivity contribution is 0.573. The summed E-state index contributed by atoms with van der Waals surface area (Å²) in [6.07, 6.45) is 1.78. The summed E-state index contributed by atoms with van der Waals surface area (Å²) in [6, 6.07) is 16.0. The van der Waals surface area contributed by atoms with Gasteiger partial charge in [-0.2, -0.15) is 13.4 Å². The molecule has 0 aliphatic heterocycles. The van der Waals surface area contributed by atoms with E-state index in [1.54, 1.807) is 30.5 Å². The van der Waals surface area contributed by atoms with Crippen LogP contribution in [0.4, 0.5) is 0 Å². The second-order valence-electron chi connectivity index (χ2n) is 4.95. The molecule has 5 nitrogen and oxygen atoms in total. The van der Waals surface area contributed by atoms with Crippen molar-refractivity contribution >= 4 is 21.8 Å². The average molecular weight is 345 g/mol. The van der Waals surface area contributed by atoms with Crippen LogP contribution in [0.3, 0.4) is 0 Å². The number of thioether (sulfide) groups is 1. The van der Waals surface area contributed by atoms with Gasteiger partial charge in [-0.3, -0.25) is 0 Å². The van der Waals surface area contributed by atoms with Gasteiger partial charge in [0.1, 0.15) is 0 Å². The number of nitrogens with zero attached hydrogens (tertiary/aromatic N) is 3. The van der Waals surface area contributed by atoms with Crippen molar-refractivity contribution in [3.8, 4) is 11.4 Å². The zero-order chi connectivity index (χ0) is 16.4. The van der Waals surface area contributed by atoms with Crippen LogP contribution in [0.5, 0.6) is 0 Å². The first-order chi connectivity index (χ1) is 11.0. The number of rotatable bonds is 4. The summed E-state index contributed by atoms with van der Waals surface area (Å²) in [5.74, 6) is 0.394. The topological polar surface area (TPSA) is 64.8 Å². The van der Waals surface area contributed by atoms with Gasteiger partial charge in [0.15, 0.2) is 5.82 Å². The lowest BCUT2D eigenvalue weighted by atomic mass is 10.2. The van der Waals surface area contributed by atoms with E-state index < -0.39 is 10.0 Å². The van der Waals surface area contributed by atoms with Crippen LogP contribution in [-0.2, 0) is 10.0 Å². The van der Waals surface area contributed by atoms with Crippen molar-refractivity contribution in [3.05, 3.63) is 60.2 Å². The summed E-state index contributed by atoms with van der Waals surface area (Å²) in [6.45, 7) is 1.91. The zero-order valence-corrected chi connectivity index (χ0v) is 14.3. The maximum absolute atomic E-state index is 12.8. The van der Waals surface area contributed by atoms with Gasteiger partial charge in [0, 0.05) is 5.56 Å². The molecule has 0 spiro atoms. The van der Waals surface area contributed by atoms with E-state index >= 15 is 0 Å². The number of aromatic nitrogens is 3. The Labute approximate surface area is 139 Å². The summed E-state index contributed by atoms with van der Waals surface area (Å²) in [5.41, 5.74) is 1.78. The monoisotopic (exact) mass is 345 g/mol. The predicted octanol–water partition coefficient (Wildman–Crippen LogP) is 3.21. The highest BCUT2D eigenvalue weighted by atomic mass is 32.2. The molecule has 7 heteroatoms. The Hall–Kier alpha value is -2.12. The summed E-state index contributed by atoms with van der Waals surface area (Å²) in [7, 11) is -3.76. The van der Waals surface area contributed by atoms with Crippen molar-refractivity contribution in [2.45, 2.75) is 17.0 Å². The molecule has 0 amide bonds. The van der Waals surface area contributed by atoms with E-state index in [9.17, 15) is 8.42 Å². The molecule has 1 aromatic heterocycles. The third kappa shape index (κ3) is 3.02. The molecule has 3 rings (SSSR count). The maximum atomic E-state index is 12.8. The zero-order valence-electron chi connectivity index (χ0n) is 12.7. The number of hydrogen-bond acceptors (Lipinski definition) is 5. The van der Waals surface area contributed by atoms with Gasteiger partial charge in [-0.15, -0.1) is 9.19 Å². The summed E-state index contributed by atoms with van der Waals surface area (Å²) < 4.78 is 26.6. The van der Waals surface area contributed by atoms with Gasteiger partial charge in [0.2, 0.25) is 5.16 Å². The Morgan fingerprint density at radius 3 is 2.26 bits per heavy atom. The molecule has 0 saturated heterocycles. The summed E-state index contributed by atoms with van der Waals surface area (Å²) >= 11 is 1.25. The molecule has 3 aromatic rings. The smallest absolute Gasteiger partial charge is 0.200 e. The molecule has 2 aromatic carbocycles. The molecular formula is C16H15N3O2S2. The highest BCUT2D eigenvalue weighted by Gasteiger charge is 2.24. The Balaban J connectivity index is 2.12. The lowest BCUT2D eigenvalue weighted by Crippen LogP contribution is -2.15. The predicted molar refractivity (Wildman–Crippen MR) is 91.0 cm³/mol. The van der Waals surface area contributed by atoms with Gasteiger partial charge >= 0.3 is 0 Å². The van der Waals surface area contributed by atoms with E-state index in [0.717, 1.165) is 15.2 Å². The first kappa shape index (κ1) is 15.8. The molecule has 0 saturated carbocycles. The van der Waals surface area contributed by atoms with Crippen molar-refractivity contribution in [2.24, 2.45) is 0 Å². The Morgan fingerprint density at radius 1 is 1.00 bits per heavy atom. The Kier molecular flexibility index (Phi) is 4.23. The van der Waals surface area contributed by atoms with Crippen LogP contribution in [0.25, 0.3) is 11.4 Å². The number of benzene rings is 2. The molecule has 0 bridgehead atoms. The van der Waals surface area contributed by atoms with E-state index in [0.29, 0.717) is 11.0 Å². The van der Waals surface area contributed by atoms with Crippen molar-refractivity contribution in [1.82, 2.24) is 14.2 Å². The van der Waals surface area contributed by atoms with Gasteiger partial charge in [-0.25, -0.2) is 0 Å². The van der Waals surface area contributed by atoms with Crippen LogP contribution < -0.4 is 0 Å². The molecule has 0 N–H and O–H groups in total. The lowest BCUT2D eigenvalue weighted by Gasteiger charge is -2.06. The molecule has 0 aliphatic rings. The van der Waals surface area contributed by atoms with Crippen molar-refractivity contribution < 1.29 is 8.42 Å². The quantitative estimate of drug-likeness (QED) is 0.679. The normalized spacial score (nSPS) is 11.6. The molecule has 1 heterocycles. The van der Waals surface area contributed by atoms with E-state index in [1.165, 1.54) is 11.8 Å². The van der Waals surface area contributed by atoms with E-state index in [1.807, 2.05) is 37.3 Å². The SMILES string of the molecule is CSc1nc(-c2ccccc2)nn1S(=O)(=O)c1ccc(C)cc1. The van der Waals surface area contributed by atoms with Crippen LogP contribution >= 0.6 is 11.8 Å². The van der Waals surface area contributed by atoms with Crippen molar-refractivity contribution in [3.63, 3.8) is 0 Å². The number of aryl methyl sites for hydroxylation is 1. The molecule has 0 atom stereocenters. The molecule has 0 fully saturated rings. The molecule has 0 aliphatic carbocycles. The van der Waals surface area contributed by atoms with Gasteiger partial charge in [-0.05, 0) is 25.3 Å². The minimum Gasteiger partial charge on any atom is -0.200 e. The minimum absolute atomic E-state index is 0.197. The third-order valence-electron chi connectivity index (χ3n) is 3.31.